The van der Waals surface area contributed by atoms with E-state index in [4.69, 9.17) is 0 Å². The molecule has 2 radical (unpaired) electrons. The molecule has 28 valence electrons. The van der Waals surface area contributed by atoms with Gasteiger partial charge in [0.2, 0.25) is 0 Å². The Labute approximate surface area is 83.3 Å². The molecule has 0 N–H and O–H groups in total. The maximum atomic E-state index is 0. The summed E-state index contributed by atoms with van der Waals surface area (Å²) in [5.41, 5.74) is 0. The second-order valence-electron chi connectivity index (χ2n) is 0. The molecule has 0 amide bonds. The molecule has 0 aliphatic rings. The van der Waals surface area contributed by atoms with Crippen LogP contribution >= 0.6 is 13.5 Å². The van der Waals surface area contributed by atoms with Gasteiger partial charge in [0.05, 0.1) is 0 Å². The van der Waals surface area contributed by atoms with Crippen LogP contribution in [-0.4, -0.2) is 50.1 Å². The molecule has 0 saturated carbocycles. The first-order chi connectivity index (χ1) is 0. The van der Waals surface area contributed by atoms with Gasteiger partial charge in [0.25, 0.3) is 0 Å². The minimum atomic E-state index is 0. The van der Waals surface area contributed by atoms with Crippen LogP contribution in [0.15, 0.2) is 0 Å². The fourth-order valence-electron chi connectivity index (χ4n) is 0. The van der Waals surface area contributed by atoms with Crippen LogP contribution in [0.4, 0.5) is 0 Å². The number of hydrogen-bond donors (Lipinski definition) is 0. The quantitative estimate of drug-likeness (QED) is 0.307. The van der Waals surface area contributed by atoms with Crippen LogP contribution < -0.4 is 0 Å². The van der Waals surface area contributed by atoms with Crippen molar-refractivity contribution in [2.45, 2.75) is 0 Å². The standard InChI is InChI=1S/Bi.H2S.Sn.W.5H/h;1H2;;;;;;;. The van der Waals surface area contributed by atoms with Crippen molar-refractivity contribution in [1.29, 1.82) is 0 Å². The minimum Gasteiger partial charge on any atom is 0 e. The molecular formula is H7BiSSnW. The molecule has 4 heteroatoms. The van der Waals surface area contributed by atoms with Gasteiger partial charge >= 0.3 is 50.1 Å². The third-order valence-electron chi connectivity index (χ3n) is 0. The topological polar surface area (TPSA) is 0 Å². The van der Waals surface area contributed by atoms with Crippen molar-refractivity contribution < 1.29 is 21.1 Å². The molecule has 0 aliphatic heterocycles. The molecule has 0 spiro atoms. The average molecular weight is 551 g/mol. The Kier molecular flexibility index (Phi) is 128. The van der Waals surface area contributed by atoms with Crippen molar-refractivity contribution in [2.24, 2.45) is 0 Å². The Hall–Kier alpha value is 2.72. The van der Waals surface area contributed by atoms with Gasteiger partial charge in [-0.15, -0.1) is 0 Å². The zero-order valence-electron chi connectivity index (χ0n) is 2.32. The van der Waals surface area contributed by atoms with Gasteiger partial charge in [-0.3, -0.25) is 0 Å². The van der Waals surface area contributed by atoms with E-state index in [0.29, 0.717) is 0 Å². The van der Waals surface area contributed by atoms with Gasteiger partial charge in [-0.25, -0.2) is 0 Å². The third-order valence-corrected chi connectivity index (χ3v) is 0. The summed E-state index contributed by atoms with van der Waals surface area (Å²) in [6.45, 7) is 0. The van der Waals surface area contributed by atoms with Crippen LogP contribution in [0.3, 0.4) is 0 Å². The van der Waals surface area contributed by atoms with E-state index in [1.807, 2.05) is 0 Å². The van der Waals surface area contributed by atoms with E-state index >= 15 is 0 Å². The summed E-state index contributed by atoms with van der Waals surface area (Å²) in [6.07, 6.45) is 0. The Balaban J connectivity index is 0. The van der Waals surface area contributed by atoms with E-state index in [1.54, 1.807) is 0 Å². The third kappa shape index (κ3) is 8.83. The second-order valence-corrected chi connectivity index (χ2v) is 0. The van der Waals surface area contributed by atoms with Gasteiger partial charge in [-0.1, -0.05) is 0 Å². The first-order valence-corrected chi connectivity index (χ1v) is 0. The van der Waals surface area contributed by atoms with E-state index in [0.717, 1.165) is 0 Å². The van der Waals surface area contributed by atoms with Gasteiger partial charge in [0.1, 0.15) is 0 Å². The summed E-state index contributed by atoms with van der Waals surface area (Å²) < 4.78 is 0. The molecule has 0 bridgehead atoms. The zero-order chi connectivity index (χ0) is 0. The van der Waals surface area contributed by atoms with Crippen molar-refractivity contribution in [3.05, 3.63) is 0 Å². The van der Waals surface area contributed by atoms with Gasteiger partial charge in [-0.05, 0) is 0 Å². The van der Waals surface area contributed by atoms with Crippen molar-refractivity contribution in [3.8, 4) is 0 Å². The molecule has 0 saturated heterocycles. The molecule has 0 rings (SSSR count). The van der Waals surface area contributed by atoms with Gasteiger partial charge in [-0.2, -0.15) is 13.5 Å². The molecular weight excluding hydrogens is 544 g/mol. The summed E-state index contributed by atoms with van der Waals surface area (Å²) in [5.74, 6) is 0. The maximum absolute atomic E-state index is 0. The van der Waals surface area contributed by atoms with Crippen molar-refractivity contribution in [2.75, 3.05) is 0 Å². The molecule has 0 aromatic carbocycles. The smallest absolute Gasteiger partial charge is 0 e. The minimum absolute atomic E-state index is 0. The van der Waals surface area contributed by atoms with E-state index in [9.17, 15) is 0 Å². The largest absolute Gasteiger partial charge is 0 e. The Bertz CT molecular complexity index is 8.00. The Morgan fingerprint density at radius 1 is 1.00 bits per heavy atom. The predicted molar refractivity (Wildman–Crippen MR) is 28.9 cm³/mol. The molecule has 0 fully saturated rings. The summed E-state index contributed by atoms with van der Waals surface area (Å²) in [4.78, 5) is 0. The van der Waals surface area contributed by atoms with Crippen LogP contribution in [0.2, 0.25) is 0 Å². The summed E-state index contributed by atoms with van der Waals surface area (Å²) in [5, 5.41) is 0. The molecule has 0 atom stereocenters. The fraction of sp³-hybridized carbons (Fsp3) is 0. The zero-order valence-corrected chi connectivity index (χ0v) is 15.8. The van der Waals surface area contributed by atoms with Crippen LogP contribution in [0.5, 0.6) is 0 Å². The van der Waals surface area contributed by atoms with E-state index in [2.05, 4.69) is 0 Å². The van der Waals surface area contributed by atoms with E-state index in [-0.39, 0.29) is 84.7 Å². The van der Waals surface area contributed by atoms with Crippen molar-refractivity contribution >= 4 is 63.6 Å². The monoisotopic (exact) mass is 552 g/mol. The SMILES string of the molecule is S.[BiH3].[SnH2].[W]. The van der Waals surface area contributed by atoms with Gasteiger partial charge < -0.3 is 0 Å². The molecule has 0 heterocycles. The Morgan fingerprint density at radius 3 is 1.00 bits per heavy atom. The van der Waals surface area contributed by atoms with Crippen molar-refractivity contribution in [1.82, 2.24) is 0 Å². The summed E-state index contributed by atoms with van der Waals surface area (Å²) in [7, 11) is 0. The first kappa shape index (κ1) is 29.7. The summed E-state index contributed by atoms with van der Waals surface area (Å²) >= 11 is 0. The molecule has 0 aliphatic carbocycles. The van der Waals surface area contributed by atoms with Crippen molar-refractivity contribution in [3.63, 3.8) is 0 Å². The first-order valence-electron chi connectivity index (χ1n) is 0. The number of rotatable bonds is 0. The molecule has 0 nitrogen and oxygen atoms in total. The predicted octanol–water partition coefficient (Wildman–Crippen LogP) is -1.99. The molecule has 0 aromatic rings. The van der Waals surface area contributed by atoms with Crippen LogP contribution in [-0.2, 0) is 21.1 Å². The van der Waals surface area contributed by atoms with Gasteiger partial charge in [0.15, 0.2) is 0 Å². The molecule has 0 unspecified atom stereocenters. The number of hydrogen-bond acceptors (Lipinski definition) is 0. The average Bonchev–Trinajstić information content (AvgIpc) is 0. The van der Waals surface area contributed by atoms with Crippen LogP contribution in [0, 0.1) is 0 Å². The van der Waals surface area contributed by atoms with Crippen LogP contribution in [0.25, 0.3) is 0 Å². The normalized spacial score (nSPS) is 0. The Morgan fingerprint density at radius 2 is 1.00 bits per heavy atom. The van der Waals surface area contributed by atoms with Crippen LogP contribution in [0.1, 0.15) is 0 Å². The summed E-state index contributed by atoms with van der Waals surface area (Å²) in [6, 6.07) is 0. The molecule has 0 aromatic heterocycles. The maximum Gasteiger partial charge on any atom is 0 e. The fourth-order valence-corrected chi connectivity index (χ4v) is 0. The van der Waals surface area contributed by atoms with E-state index in [1.165, 1.54) is 0 Å². The van der Waals surface area contributed by atoms with E-state index < -0.39 is 0 Å². The second kappa shape index (κ2) is 17.2. The van der Waals surface area contributed by atoms with Gasteiger partial charge in [0, 0.05) is 21.1 Å². The molecule has 4 heavy (non-hydrogen) atoms.